The lowest BCUT2D eigenvalue weighted by Gasteiger charge is -2.19. The summed E-state index contributed by atoms with van der Waals surface area (Å²) in [5.41, 5.74) is 0.696. The smallest absolute Gasteiger partial charge is 0.327 e. The average Bonchev–Trinajstić information content (AvgIpc) is 2.45. The lowest BCUT2D eigenvalue weighted by atomic mass is 10.1. The second-order valence-corrected chi connectivity index (χ2v) is 4.87. The first-order valence-corrected chi connectivity index (χ1v) is 6.91. The fraction of sp³-hybridized carbons (Fsp3) is 0.533. The molecule has 2 N–H and O–H groups in total. The van der Waals surface area contributed by atoms with Crippen molar-refractivity contribution >= 4 is 5.97 Å². The van der Waals surface area contributed by atoms with Crippen molar-refractivity contribution in [2.24, 2.45) is 0 Å². The van der Waals surface area contributed by atoms with Crippen molar-refractivity contribution in [1.82, 2.24) is 10.2 Å². The van der Waals surface area contributed by atoms with Crippen molar-refractivity contribution < 1.29 is 19.4 Å². The van der Waals surface area contributed by atoms with E-state index >= 15 is 0 Å². The highest BCUT2D eigenvalue weighted by Crippen LogP contribution is 2.29. The third-order valence-electron chi connectivity index (χ3n) is 2.96. The van der Waals surface area contributed by atoms with Crippen LogP contribution in [0.5, 0.6) is 11.5 Å². The standard InChI is InChI=1S/C15H24N2O4/c1-5-21-13-10-11(6-7-12(13)18)14(15(19)20-4)16-8-9-17(2)3/h6-7,10,14,16,18H,5,8-9H2,1-4H3. The van der Waals surface area contributed by atoms with Crippen molar-refractivity contribution in [1.29, 1.82) is 0 Å². The number of benzene rings is 1. The van der Waals surface area contributed by atoms with Gasteiger partial charge in [-0.25, -0.2) is 4.79 Å². The van der Waals surface area contributed by atoms with Gasteiger partial charge in [0.05, 0.1) is 13.7 Å². The minimum atomic E-state index is -0.588. The van der Waals surface area contributed by atoms with E-state index in [1.54, 1.807) is 12.1 Å². The maximum Gasteiger partial charge on any atom is 0.327 e. The number of ether oxygens (including phenoxy) is 2. The topological polar surface area (TPSA) is 71.0 Å². The van der Waals surface area contributed by atoms with Crippen LogP contribution >= 0.6 is 0 Å². The maximum absolute atomic E-state index is 11.9. The Morgan fingerprint density at radius 3 is 2.71 bits per heavy atom. The van der Waals surface area contributed by atoms with Crippen LogP contribution in [0.25, 0.3) is 0 Å². The fourth-order valence-corrected chi connectivity index (χ4v) is 1.87. The summed E-state index contributed by atoms with van der Waals surface area (Å²) in [4.78, 5) is 14.0. The van der Waals surface area contributed by atoms with Gasteiger partial charge in [-0.1, -0.05) is 6.07 Å². The molecule has 0 aliphatic heterocycles. The predicted octanol–water partition coefficient (Wildman–Crippen LogP) is 1.16. The van der Waals surface area contributed by atoms with Gasteiger partial charge in [0.1, 0.15) is 6.04 Å². The zero-order valence-electron chi connectivity index (χ0n) is 13.0. The molecule has 21 heavy (non-hydrogen) atoms. The van der Waals surface area contributed by atoms with Crippen molar-refractivity contribution in [3.05, 3.63) is 23.8 Å². The van der Waals surface area contributed by atoms with E-state index in [1.165, 1.54) is 13.2 Å². The number of esters is 1. The molecule has 1 rings (SSSR count). The Balaban J connectivity index is 2.91. The Kier molecular flexibility index (Phi) is 6.98. The number of rotatable bonds is 8. The fourth-order valence-electron chi connectivity index (χ4n) is 1.87. The van der Waals surface area contributed by atoms with E-state index in [9.17, 15) is 9.90 Å². The first-order valence-electron chi connectivity index (χ1n) is 6.91. The van der Waals surface area contributed by atoms with Gasteiger partial charge in [0.15, 0.2) is 11.5 Å². The van der Waals surface area contributed by atoms with Gasteiger partial charge >= 0.3 is 5.97 Å². The van der Waals surface area contributed by atoms with Crippen LogP contribution in [-0.2, 0) is 9.53 Å². The number of nitrogens with zero attached hydrogens (tertiary/aromatic N) is 1. The highest BCUT2D eigenvalue weighted by molar-refractivity contribution is 5.77. The van der Waals surface area contributed by atoms with Gasteiger partial charge in [-0.2, -0.15) is 0 Å². The summed E-state index contributed by atoms with van der Waals surface area (Å²) < 4.78 is 10.2. The molecule has 0 saturated carbocycles. The quantitative estimate of drug-likeness (QED) is 0.701. The second kappa shape index (κ2) is 8.49. The van der Waals surface area contributed by atoms with Crippen molar-refractivity contribution in [3.8, 4) is 11.5 Å². The number of phenolic OH excluding ortho intramolecular Hbond substituents is 1. The number of nitrogens with one attached hydrogen (secondary N) is 1. The van der Waals surface area contributed by atoms with Gasteiger partial charge in [0.2, 0.25) is 0 Å². The average molecular weight is 296 g/mol. The van der Waals surface area contributed by atoms with Crippen LogP contribution in [0.1, 0.15) is 18.5 Å². The number of carbonyl (C=O) groups is 1. The number of phenols is 1. The van der Waals surface area contributed by atoms with E-state index in [0.29, 0.717) is 24.5 Å². The Morgan fingerprint density at radius 2 is 2.14 bits per heavy atom. The monoisotopic (exact) mass is 296 g/mol. The van der Waals surface area contributed by atoms with Gasteiger partial charge in [0.25, 0.3) is 0 Å². The molecule has 118 valence electrons. The van der Waals surface area contributed by atoms with E-state index in [0.717, 1.165) is 6.54 Å². The molecule has 0 fully saturated rings. The minimum absolute atomic E-state index is 0.0532. The molecule has 0 spiro atoms. The predicted molar refractivity (Wildman–Crippen MR) is 80.6 cm³/mol. The summed E-state index contributed by atoms with van der Waals surface area (Å²) in [7, 11) is 5.28. The zero-order valence-corrected chi connectivity index (χ0v) is 13.0. The van der Waals surface area contributed by atoms with E-state index in [1.807, 2.05) is 25.9 Å². The molecule has 0 aliphatic carbocycles. The zero-order chi connectivity index (χ0) is 15.8. The third kappa shape index (κ3) is 5.24. The number of likely N-dealkylation sites (N-methyl/N-ethyl adjacent to an activating group) is 1. The van der Waals surface area contributed by atoms with Gasteiger partial charge in [-0.3, -0.25) is 5.32 Å². The Labute approximate surface area is 125 Å². The second-order valence-electron chi connectivity index (χ2n) is 4.87. The van der Waals surface area contributed by atoms with Crippen LogP contribution in [0.3, 0.4) is 0 Å². The molecule has 1 aromatic carbocycles. The molecule has 0 aromatic heterocycles. The number of aromatic hydroxyl groups is 1. The lowest BCUT2D eigenvalue weighted by molar-refractivity contribution is -0.143. The third-order valence-corrected chi connectivity index (χ3v) is 2.96. The molecule has 1 unspecified atom stereocenters. The largest absolute Gasteiger partial charge is 0.504 e. The van der Waals surface area contributed by atoms with E-state index in [4.69, 9.17) is 9.47 Å². The first kappa shape index (κ1) is 17.3. The summed E-state index contributed by atoms with van der Waals surface area (Å²) in [5, 5.41) is 12.9. The van der Waals surface area contributed by atoms with E-state index in [-0.39, 0.29) is 11.7 Å². The molecule has 0 amide bonds. The van der Waals surface area contributed by atoms with Crippen LogP contribution in [0.4, 0.5) is 0 Å². The summed E-state index contributed by atoms with van der Waals surface area (Å²) in [6.45, 7) is 3.70. The lowest BCUT2D eigenvalue weighted by Crippen LogP contribution is -2.34. The summed E-state index contributed by atoms with van der Waals surface area (Å²) in [6, 6.07) is 4.27. The first-order chi connectivity index (χ1) is 9.99. The minimum Gasteiger partial charge on any atom is -0.504 e. The van der Waals surface area contributed by atoms with E-state index < -0.39 is 6.04 Å². The summed E-state index contributed by atoms with van der Waals surface area (Å²) in [5.74, 6) is 0.0396. The highest BCUT2D eigenvalue weighted by atomic mass is 16.5. The van der Waals surface area contributed by atoms with Gasteiger partial charge in [0, 0.05) is 13.1 Å². The Hall–Kier alpha value is -1.79. The molecular weight excluding hydrogens is 272 g/mol. The molecule has 0 saturated heterocycles. The molecule has 0 radical (unpaired) electrons. The van der Waals surface area contributed by atoms with Crippen molar-refractivity contribution in [2.45, 2.75) is 13.0 Å². The number of carbonyl (C=O) groups excluding carboxylic acids is 1. The number of methoxy groups -OCH3 is 1. The van der Waals surface area contributed by atoms with E-state index in [2.05, 4.69) is 5.32 Å². The maximum atomic E-state index is 11.9. The van der Waals surface area contributed by atoms with Gasteiger partial charge in [-0.05, 0) is 38.7 Å². The normalized spacial score (nSPS) is 12.2. The van der Waals surface area contributed by atoms with Gasteiger partial charge < -0.3 is 19.5 Å². The van der Waals surface area contributed by atoms with Crippen LogP contribution in [0.2, 0.25) is 0 Å². The van der Waals surface area contributed by atoms with Crippen LogP contribution in [0.15, 0.2) is 18.2 Å². The summed E-state index contributed by atoms with van der Waals surface area (Å²) in [6.07, 6.45) is 0. The molecule has 0 aliphatic rings. The van der Waals surface area contributed by atoms with Crippen molar-refractivity contribution in [3.63, 3.8) is 0 Å². The van der Waals surface area contributed by atoms with Crippen LogP contribution in [0, 0.1) is 0 Å². The molecule has 1 atom stereocenters. The highest BCUT2D eigenvalue weighted by Gasteiger charge is 2.22. The molecule has 6 heteroatoms. The summed E-state index contributed by atoms with van der Waals surface area (Å²) >= 11 is 0. The Bertz CT molecular complexity index is 463. The molecule has 0 heterocycles. The molecule has 0 bridgehead atoms. The number of hydrogen-bond acceptors (Lipinski definition) is 6. The number of hydrogen-bond donors (Lipinski definition) is 2. The van der Waals surface area contributed by atoms with Crippen LogP contribution in [-0.4, -0.2) is 56.9 Å². The van der Waals surface area contributed by atoms with Crippen molar-refractivity contribution in [2.75, 3.05) is 40.9 Å². The molecule has 6 nitrogen and oxygen atoms in total. The SMILES string of the molecule is CCOc1cc(C(NCCN(C)C)C(=O)OC)ccc1O. The molecule has 1 aromatic rings. The Morgan fingerprint density at radius 1 is 1.43 bits per heavy atom. The molecular formula is C15H24N2O4. The van der Waals surface area contributed by atoms with Gasteiger partial charge in [-0.15, -0.1) is 0 Å². The van der Waals surface area contributed by atoms with Crippen LogP contribution < -0.4 is 10.1 Å².